The van der Waals surface area contributed by atoms with Crippen LogP contribution in [0, 0.1) is 11.8 Å². The van der Waals surface area contributed by atoms with E-state index in [4.69, 9.17) is 0 Å². The molecule has 0 unspecified atom stereocenters. The number of aliphatic hydroxyl groups is 2. The molecule has 14 heavy (non-hydrogen) atoms. The lowest BCUT2D eigenvalue weighted by atomic mass is 9.76. The molecule has 1 aliphatic carbocycles. The summed E-state index contributed by atoms with van der Waals surface area (Å²) in [5, 5.41) is 22.0. The van der Waals surface area contributed by atoms with Crippen molar-refractivity contribution in [3.63, 3.8) is 0 Å². The van der Waals surface area contributed by atoms with Crippen LogP contribution in [0.15, 0.2) is 0 Å². The van der Waals surface area contributed by atoms with Gasteiger partial charge in [-0.15, -0.1) is 0 Å². The van der Waals surface area contributed by atoms with Gasteiger partial charge in [0, 0.05) is 6.04 Å². The van der Waals surface area contributed by atoms with Crippen molar-refractivity contribution in [2.75, 3.05) is 13.2 Å². The van der Waals surface area contributed by atoms with Crippen LogP contribution in [0.5, 0.6) is 0 Å². The number of hydrogen-bond acceptors (Lipinski definition) is 3. The molecule has 0 bridgehead atoms. The van der Waals surface area contributed by atoms with Gasteiger partial charge < -0.3 is 15.5 Å². The normalized spacial score (nSPS) is 44.1. The first-order valence-corrected chi connectivity index (χ1v) is 5.83. The molecule has 1 aliphatic heterocycles. The first-order valence-electron chi connectivity index (χ1n) is 5.83. The smallest absolute Gasteiger partial charge is 0.0587 e. The molecular formula is C11H21NO2. The van der Waals surface area contributed by atoms with Gasteiger partial charge >= 0.3 is 0 Å². The van der Waals surface area contributed by atoms with Crippen molar-refractivity contribution in [3.8, 4) is 0 Å². The minimum Gasteiger partial charge on any atom is -0.395 e. The molecule has 1 saturated carbocycles. The molecule has 0 aromatic carbocycles. The first-order chi connectivity index (χ1) is 6.81. The van der Waals surface area contributed by atoms with Crippen LogP contribution in [0.3, 0.4) is 0 Å². The molecule has 0 spiro atoms. The van der Waals surface area contributed by atoms with Crippen molar-refractivity contribution in [1.82, 2.24) is 5.32 Å². The Kier molecular flexibility index (Phi) is 3.42. The van der Waals surface area contributed by atoms with Crippen molar-refractivity contribution >= 4 is 0 Å². The summed E-state index contributed by atoms with van der Waals surface area (Å²) in [6, 6.07) is 0.315. The Morgan fingerprint density at radius 1 is 1.07 bits per heavy atom. The summed E-state index contributed by atoms with van der Waals surface area (Å²) in [6.45, 7) is 1.32. The Hall–Kier alpha value is -0.120. The predicted octanol–water partition coefficient (Wildman–Crippen LogP) is 0.508. The Balaban J connectivity index is 1.88. The number of hydrogen-bond donors (Lipinski definition) is 3. The van der Waals surface area contributed by atoms with Crippen molar-refractivity contribution in [2.45, 2.75) is 44.2 Å². The maximum Gasteiger partial charge on any atom is 0.0587 e. The second-order valence-electron chi connectivity index (χ2n) is 4.76. The Bertz CT molecular complexity index is 178. The summed E-state index contributed by atoms with van der Waals surface area (Å²) in [6.07, 6.45) is 5.34. The monoisotopic (exact) mass is 199 g/mol. The van der Waals surface area contributed by atoms with Gasteiger partial charge in [-0.05, 0) is 50.5 Å². The zero-order chi connectivity index (χ0) is 9.97. The van der Waals surface area contributed by atoms with Crippen LogP contribution in [-0.2, 0) is 0 Å². The molecule has 3 heteroatoms. The molecule has 2 rings (SSSR count). The summed E-state index contributed by atoms with van der Waals surface area (Å²) in [5.41, 5.74) is 0. The first kappa shape index (κ1) is 10.4. The SMILES string of the molecule is OC[C@@H]1NCC[C@@H]1C1CCC(O)CC1. The van der Waals surface area contributed by atoms with Gasteiger partial charge in [0.2, 0.25) is 0 Å². The van der Waals surface area contributed by atoms with Crippen LogP contribution in [0.25, 0.3) is 0 Å². The predicted molar refractivity (Wildman–Crippen MR) is 54.9 cm³/mol. The Morgan fingerprint density at radius 2 is 1.79 bits per heavy atom. The topological polar surface area (TPSA) is 52.5 Å². The van der Waals surface area contributed by atoms with Crippen LogP contribution in [-0.4, -0.2) is 35.5 Å². The van der Waals surface area contributed by atoms with E-state index in [0.717, 1.165) is 38.1 Å². The summed E-state index contributed by atoms with van der Waals surface area (Å²) >= 11 is 0. The quantitative estimate of drug-likeness (QED) is 0.607. The van der Waals surface area contributed by atoms with Crippen LogP contribution in [0.1, 0.15) is 32.1 Å². The van der Waals surface area contributed by atoms with Crippen LogP contribution < -0.4 is 5.32 Å². The molecule has 1 heterocycles. The van der Waals surface area contributed by atoms with Gasteiger partial charge in [0.25, 0.3) is 0 Å². The van der Waals surface area contributed by atoms with E-state index in [2.05, 4.69) is 5.32 Å². The highest BCUT2D eigenvalue weighted by atomic mass is 16.3. The summed E-state index contributed by atoms with van der Waals surface area (Å²) < 4.78 is 0. The molecule has 2 atom stereocenters. The molecule has 0 amide bonds. The number of nitrogens with one attached hydrogen (secondary N) is 1. The van der Waals surface area contributed by atoms with Gasteiger partial charge in [0.1, 0.15) is 0 Å². The molecule has 0 aromatic heterocycles. The third-order valence-corrected chi connectivity index (χ3v) is 3.94. The van der Waals surface area contributed by atoms with E-state index in [1.807, 2.05) is 0 Å². The second-order valence-corrected chi connectivity index (χ2v) is 4.76. The highest BCUT2D eigenvalue weighted by Gasteiger charge is 2.34. The lowest BCUT2D eigenvalue weighted by Crippen LogP contribution is -2.36. The molecule has 2 fully saturated rings. The molecule has 3 nitrogen and oxygen atoms in total. The molecule has 2 aliphatic rings. The van der Waals surface area contributed by atoms with Crippen molar-refractivity contribution in [3.05, 3.63) is 0 Å². The lowest BCUT2D eigenvalue weighted by molar-refractivity contribution is 0.0817. The van der Waals surface area contributed by atoms with Gasteiger partial charge in [0.15, 0.2) is 0 Å². The summed E-state index contributed by atoms with van der Waals surface area (Å²) in [4.78, 5) is 0. The fraction of sp³-hybridized carbons (Fsp3) is 1.00. The van der Waals surface area contributed by atoms with Gasteiger partial charge in [0.05, 0.1) is 12.7 Å². The minimum atomic E-state index is -0.0619. The van der Waals surface area contributed by atoms with Gasteiger partial charge in [-0.3, -0.25) is 0 Å². The third-order valence-electron chi connectivity index (χ3n) is 3.94. The third kappa shape index (κ3) is 2.10. The van der Waals surface area contributed by atoms with E-state index in [0.29, 0.717) is 12.0 Å². The maximum atomic E-state index is 9.43. The minimum absolute atomic E-state index is 0.0619. The highest BCUT2D eigenvalue weighted by Crippen LogP contribution is 2.35. The zero-order valence-electron chi connectivity index (χ0n) is 8.65. The summed E-state index contributed by atoms with van der Waals surface area (Å²) in [5.74, 6) is 1.37. The number of aliphatic hydroxyl groups excluding tert-OH is 2. The van der Waals surface area contributed by atoms with Crippen molar-refractivity contribution in [2.24, 2.45) is 11.8 Å². The van der Waals surface area contributed by atoms with Crippen molar-refractivity contribution < 1.29 is 10.2 Å². The standard InChI is InChI=1S/C11H21NO2/c13-7-11-10(5-6-12-11)8-1-3-9(14)4-2-8/h8-14H,1-7H2/t8?,9?,10-,11+/m1/s1. The largest absolute Gasteiger partial charge is 0.395 e. The van der Waals surface area contributed by atoms with Crippen molar-refractivity contribution in [1.29, 1.82) is 0 Å². The maximum absolute atomic E-state index is 9.43. The van der Waals surface area contributed by atoms with E-state index in [1.165, 1.54) is 6.42 Å². The molecule has 0 radical (unpaired) electrons. The van der Waals surface area contributed by atoms with Crippen LogP contribution in [0.4, 0.5) is 0 Å². The molecule has 3 N–H and O–H groups in total. The highest BCUT2D eigenvalue weighted by molar-refractivity contribution is 4.89. The van der Waals surface area contributed by atoms with E-state index < -0.39 is 0 Å². The fourth-order valence-electron chi connectivity index (χ4n) is 3.08. The Labute approximate surface area is 85.5 Å². The van der Waals surface area contributed by atoms with E-state index in [1.54, 1.807) is 0 Å². The number of rotatable bonds is 2. The Morgan fingerprint density at radius 3 is 2.43 bits per heavy atom. The molecule has 1 saturated heterocycles. The van der Waals surface area contributed by atoms with Crippen LogP contribution in [0.2, 0.25) is 0 Å². The lowest BCUT2D eigenvalue weighted by Gasteiger charge is -2.32. The fourth-order valence-corrected chi connectivity index (χ4v) is 3.08. The van der Waals surface area contributed by atoms with E-state index >= 15 is 0 Å². The molecular weight excluding hydrogens is 178 g/mol. The van der Waals surface area contributed by atoms with Gasteiger partial charge in [-0.25, -0.2) is 0 Å². The molecule has 82 valence electrons. The van der Waals surface area contributed by atoms with E-state index in [-0.39, 0.29) is 12.7 Å². The second kappa shape index (κ2) is 4.60. The van der Waals surface area contributed by atoms with E-state index in [9.17, 15) is 10.2 Å². The summed E-state index contributed by atoms with van der Waals surface area (Å²) in [7, 11) is 0. The average Bonchev–Trinajstić information content (AvgIpc) is 2.67. The zero-order valence-corrected chi connectivity index (χ0v) is 8.65. The van der Waals surface area contributed by atoms with Crippen LogP contribution >= 0.6 is 0 Å². The average molecular weight is 199 g/mol. The molecule has 0 aromatic rings. The van der Waals surface area contributed by atoms with Gasteiger partial charge in [-0.2, -0.15) is 0 Å². The van der Waals surface area contributed by atoms with Gasteiger partial charge in [-0.1, -0.05) is 0 Å².